The molecule has 1 aliphatic heterocycles. The van der Waals surface area contributed by atoms with Crippen molar-refractivity contribution in [1.29, 1.82) is 0 Å². The summed E-state index contributed by atoms with van der Waals surface area (Å²) in [5.41, 5.74) is 5.65. The second kappa shape index (κ2) is 4.24. The molecule has 1 rings (SSSR count). The van der Waals surface area contributed by atoms with Gasteiger partial charge in [0, 0.05) is 12.6 Å². The highest BCUT2D eigenvalue weighted by Crippen LogP contribution is 2.20. The van der Waals surface area contributed by atoms with Crippen LogP contribution in [0.2, 0.25) is 0 Å². The van der Waals surface area contributed by atoms with Gasteiger partial charge >= 0.3 is 0 Å². The Labute approximate surface area is 76.1 Å². The van der Waals surface area contributed by atoms with E-state index in [0.717, 1.165) is 12.5 Å². The topological polar surface area (TPSA) is 29.3 Å². The highest BCUT2D eigenvalue weighted by atomic mass is 15.2. The lowest BCUT2D eigenvalue weighted by Crippen LogP contribution is -2.38. The standard InChI is InChI=1S/C10H22N2/c1-8-4-5-12(7-8)10(3)9(2)6-11/h8-10H,4-7,11H2,1-3H3. The smallest absolute Gasteiger partial charge is 0.0105 e. The first kappa shape index (κ1) is 10.0. The van der Waals surface area contributed by atoms with E-state index < -0.39 is 0 Å². The first-order valence-corrected chi connectivity index (χ1v) is 5.09. The minimum atomic E-state index is 0.635. The van der Waals surface area contributed by atoms with Crippen molar-refractivity contribution in [2.45, 2.75) is 33.2 Å². The van der Waals surface area contributed by atoms with Crippen LogP contribution in [0.3, 0.4) is 0 Å². The largest absolute Gasteiger partial charge is 0.330 e. The maximum Gasteiger partial charge on any atom is 0.0105 e. The molecule has 1 heterocycles. The minimum Gasteiger partial charge on any atom is -0.330 e. The molecule has 1 fully saturated rings. The molecular weight excluding hydrogens is 148 g/mol. The van der Waals surface area contributed by atoms with Crippen molar-refractivity contribution in [2.24, 2.45) is 17.6 Å². The van der Waals surface area contributed by atoms with Gasteiger partial charge in [-0.3, -0.25) is 0 Å². The van der Waals surface area contributed by atoms with E-state index in [0.29, 0.717) is 12.0 Å². The number of hydrogen-bond donors (Lipinski definition) is 1. The van der Waals surface area contributed by atoms with Crippen LogP contribution in [0.4, 0.5) is 0 Å². The van der Waals surface area contributed by atoms with Gasteiger partial charge in [-0.25, -0.2) is 0 Å². The molecule has 3 unspecified atom stereocenters. The van der Waals surface area contributed by atoms with Gasteiger partial charge in [0.2, 0.25) is 0 Å². The lowest BCUT2D eigenvalue weighted by molar-refractivity contribution is 0.196. The Morgan fingerprint density at radius 2 is 2.17 bits per heavy atom. The zero-order valence-corrected chi connectivity index (χ0v) is 8.59. The predicted octanol–water partition coefficient (Wildman–Crippen LogP) is 1.31. The molecule has 0 saturated carbocycles. The van der Waals surface area contributed by atoms with E-state index in [2.05, 4.69) is 25.7 Å². The number of rotatable bonds is 3. The third-order valence-electron chi connectivity index (χ3n) is 3.23. The molecule has 2 heteroatoms. The molecule has 72 valence electrons. The van der Waals surface area contributed by atoms with E-state index in [9.17, 15) is 0 Å². The first-order valence-electron chi connectivity index (χ1n) is 5.09. The monoisotopic (exact) mass is 170 g/mol. The van der Waals surface area contributed by atoms with Crippen LogP contribution in [-0.2, 0) is 0 Å². The van der Waals surface area contributed by atoms with Gasteiger partial charge in [0.25, 0.3) is 0 Å². The van der Waals surface area contributed by atoms with Crippen molar-refractivity contribution in [2.75, 3.05) is 19.6 Å². The van der Waals surface area contributed by atoms with Crippen LogP contribution in [0, 0.1) is 11.8 Å². The van der Waals surface area contributed by atoms with Crippen LogP contribution < -0.4 is 5.73 Å². The number of hydrogen-bond acceptors (Lipinski definition) is 2. The molecule has 0 radical (unpaired) electrons. The molecule has 0 aliphatic carbocycles. The second-order valence-corrected chi connectivity index (χ2v) is 4.34. The summed E-state index contributed by atoms with van der Waals surface area (Å²) < 4.78 is 0. The van der Waals surface area contributed by atoms with Crippen LogP contribution in [-0.4, -0.2) is 30.6 Å². The highest BCUT2D eigenvalue weighted by Gasteiger charge is 2.25. The van der Waals surface area contributed by atoms with Crippen molar-refractivity contribution >= 4 is 0 Å². The molecule has 0 aromatic carbocycles. The normalized spacial score (nSPS) is 30.5. The predicted molar refractivity (Wildman–Crippen MR) is 53.0 cm³/mol. The molecule has 12 heavy (non-hydrogen) atoms. The van der Waals surface area contributed by atoms with Gasteiger partial charge in [0.15, 0.2) is 0 Å². The molecule has 1 aliphatic rings. The first-order chi connectivity index (χ1) is 5.65. The Morgan fingerprint density at radius 3 is 2.58 bits per heavy atom. The fourth-order valence-corrected chi connectivity index (χ4v) is 1.90. The van der Waals surface area contributed by atoms with Crippen LogP contribution in [0.5, 0.6) is 0 Å². The maximum absolute atomic E-state index is 5.65. The molecule has 0 bridgehead atoms. The Balaban J connectivity index is 2.37. The lowest BCUT2D eigenvalue weighted by Gasteiger charge is -2.28. The Morgan fingerprint density at radius 1 is 1.50 bits per heavy atom. The molecule has 2 N–H and O–H groups in total. The fraction of sp³-hybridized carbons (Fsp3) is 1.00. The Hall–Kier alpha value is -0.0800. The van der Waals surface area contributed by atoms with E-state index in [1.807, 2.05) is 0 Å². The summed E-state index contributed by atoms with van der Waals surface area (Å²) >= 11 is 0. The van der Waals surface area contributed by atoms with Crippen LogP contribution in [0.1, 0.15) is 27.2 Å². The van der Waals surface area contributed by atoms with Gasteiger partial charge in [0.05, 0.1) is 0 Å². The maximum atomic E-state index is 5.65. The van der Waals surface area contributed by atoms with Gasteiger partial charge in [0.1, 0.15) is 0 Å². The molecular formula is C10H22N2. The summed E-state index contributed by atoms with van der Waals surface area (Å²) in [5, 5.41) is 0. The third kappa shape index (κ3) is 2.20. The van der Waals surface area contributed by atoms with Crippen molar-refractivity contribution in [3.63, 3.8) is 0 Å². The summed E-state index contributed by atoms with van der Waals surface area (Å²) in [5.74, 6) is 1.52. The molecule has 3 atom stereocenters. The average Bonchev–Trinajstić information content (AvgIpc) is 2.49. The molecule has 0 spiro atoms. The van der Waals surface area contributed by atoms with Crippen molar-refractivity contribution in [1.82, 2.24) is 4.90 Å². The summed E-state index contributed by atoms with van der Waals surface area (Å²) in [6, 6.07) is 0.667. The van der Waals surface area contributed by atoms with Gasteiger partial charge in [-0.2, -0.15) is 0 Å². The number of nitrogens with two attached hydrogens (primary N) is 1. The van der Waals surface area contributed by atoms with Crippen molar-refractivity contribution < 1.29 is 0 Å². The fourth-order valence-electron chi connectivity index (χ4n) is 1.90. The quantitative estimate of drug-likeness (QED) is 0.692. The van der Waals surface area contributed by atoms with Crippen LogP contribution in [0.15, 0.2) is 0 Å². The Kier molecular flexibility index (Phi) is 3.53. The SMILES string of the molecule is CC1CCN(C(C)C(C)CN)C1. The summed E-state index contributed by atoms with van der Waals surface area (Å²) in [7, 11) is 0. The third-order valence-corrected chi connectivity index (χ3v) is 3.23. The van der Waals surface area contributed by atoms with E-state index >= 15 is 0 Å². The van der Waals surface area contributed by atoms with Gasteiger partial charge in [-0.05, 0) is 38.3 Å². The van der Waals surface area contributed by atoms with Gasteiger partial charge < -0.3 is 10.6 Å². The van der Waals surface area contributed by atoms with E-state index in [1.165, 1.54) is 19.5 Å². The zero-order chi connectivity index (χ0) is 9.14. The molecule has 0 amide bonds. The molecule has 0 aromatic heterocycles. The summed E-state index contributed by atoms with van der Waals surface area (Å²) in [6.07, 6.45) is 1.36. The Bertz CT molecular complexity index is 136. The second-order valence-electron chi connectivity index (χ2n) is 4.34. The van der Waals surface area contributed by atoms with E-state index in [1.54, 1.807) is 0 Å². The van der Waals surface area contributed by atoms with Gasteiger partial charge in [-0.1, -0.05) is 13.8 Å². The lowest BCUT2D eigenvalue weighted by atomic mass is 10.0. The zero-order valence-electron chi connectivity index (χ0n) is 8.59. The number of nitrogens with zero attached hydrogens (tertiary/aromatic N) is 1. The highest BCUT2D eigenvalue weighted by molar-refractivity contribution is 4.80. The van der Waals surface area contributed by atoms with Crippen molar-refractivity contribution in [3.8, 4) is 0 Å². The van der Waals surface area contributed by atoms with E-state index in [4.69, 9.17) is 5.73 Å². The molecule has 1 saturated heterocycles. The average molecular weight is 170 g/mol. The number of likely N-dealkylation sites (tertiary alicyclic amines) is 1. The summed E-state index contributed by atoms with van der Waals surface area (Å²) in [6.45, 7) is 10.2. The van der Waals surface area contributed by atoms with Crippen LogP contribution >= 0.6 is 0 Å². The van der Waals surface area contributed by atoms with Crippen LogP contribution in [0.25, 0.3) is 0 Å². The molecule has 0 aromatic rings. The summed E-state index contributed by atoms with van der Waals surface area (Å²) in [4.78, 5) is 2.57. The molecule has 2 nitrogen and oxygen atoms in total. The van der Waals surface area contributed by atoms with Crippen molar-refractivity contribution in [3.05, 3.63) is 0 Å². The van der Waals surface area contributed by atoms with E-state index in [-0.39, 0.29) is 0 Å². The minimum absolute atomic E-state index is 0.635. The van der Waals surface area contributed by atoms with Gasteiger partial charge in [-0.15, -0.1) is 0 Å².